The first kappa shape index (κ1) is 22.6. The van der Waals surface area contributed by atoms with Gasteiger partial charge < -0.3 is 9.84 Å². The number of aromatic hydroxyl groups is 1. The van der Waals surface area contributed by atoms with Crippen molar-refractivity contribution in [1.82, 2.24) is 0 Å². The van der Waals surface area contributed by atoms with Crippen LogP contribution in [0.2, 0.25) is 0 Å². The van der Waals surface area contributed by atoms with Crippen LogP contribution in [0.3, 0.4) is 0 Å². The highest BCUT2D eigenvalue weighted by Crippen LogP contribution is 2.57. The molecular weight excluding hydrogens is 379 g/mol. The number of hydrogen-bond donors (Lipinski definition) is 1. The lowest BCUT2D eigenvalue weighted by atomic mass is 9.78. The second kappa shape index (κ2) is 8.22. The molecule has 0 saturated carbocycles. The summed E-state index contributed by atoms with van der Waals surface area (Å²) < 4.78 is 5.76. The molecule has 0 spiro atoms. The van der Waals surface area contributed by atoms with E-state index < -0.39 is 0 Å². The molecule has 2 bridgehead atoms. The molecule has 162 valence electrons. The maximum atomic E-state index is 12.5. The van der Waals surface area contributed by atoms with Crippen LogP contribution in [-0.4, -0.2) is 36.2 Å². The Labute approximate surface area is 178 Å². The van der Waals surface area contributed by atoms with Gasteiger partial charge in [-0.2, -0.15) is 0 Å². The Kier molecular flexibility index (Phi) is 6.40. The number of aryl methyl sites for hydroxylation is 1. The van der Waals surface area contributed by atoms with Crippen LogP contribution in [0.25, 0.3) is 0 Å². The average Bonchev–Trinajstić information content (AvgIpc) is 2.65. The number of phenols is 1. The van der Waals surface area contributed by atoms with Gasteiger partial charge in [-0.15, -0.1) is 7.92 Å². The lowest BCUT2D eigenvalue weighted by Gasteiger charge is -2.46. The maximum absolute atomic E-state index is 12.5. The maximum Gasteiger partial charge on any atom is 0.306 e. The summed E-state index contributed by atoms with van der Waals surface area (Å²) in [4.78, 5) is 12.5. The minimum atomic E-state index is -0.152. The summed E-state index contributed by atoms with van der Waals surface area (Å²) in [6, 6.07) is 4.14. The van der Waals surface area contributed by atoms with Crippen LogP contribution in [0.15, 0.2) is 12.1 Å². The van der Waals surface area contributed by atoms with Crippen molar-refractivity contribution in [3.8, 4) is 5.75 Å². The normalized spacial score (nSPS) is 24.6. The largest absolute Gasteiger partial charge is 0.507 e. The van der Waals surface area contributed by atoms with Crippen molar-refractivity contribution in [1.29, 1.82) is 0 Å². The molecule has 3 saturated heterocycles. The third-order valence-corrected chi connectivity index (χ3v) is 9.39. The van der Waals surface area contributed by atoms with Crippen LogP contribution in [0.1, 0.15) is 83.9 Å². The first-order valence-electron chi connectivity index (χ1n) is 11.1. The van der Waals surface area contributed by atoms with Crippen molar-refractivity contribution in [2.75, 3.05) is 25.1 Å². The summed E-state index contributed by atoms with van der Waals surface area (Å²) in [7, 11) is 0.312. The highest BCUT2D eigenvalue weighted by molar-refractivity contribution is 7.57. The van der Waals surface area contributed by atoms with E-state index in [1.165, 1.54) is 37.7 Å². The molecule has 4 heteroatoms. The Morgan fingerprint density at radius 2 is 1.48 bits per heavy atom. The zero-order valence-electron chi connectivity index (χ0n) is 19.2. The van der Waals surface area contributed by atoms with Crippen molar-refractivity contribution in [2.45, 2.75) is 84.5 Å². The molecule has 3 fully saturated rings. The van der Waals surface area contributed by atoms with Gasteiger partial charge in [-0.3, -0.25) is 4.79 Å². The summed E-state index contributed by atoms with van der Waals surface area (Å²) >= 11 is 0. The van der Waals surface area contributed by atoms with Gasteiger partial charge in [0.25, 0.3) is 0 Å². The predicted molar refractivity (Wildman–Crippen MR) is 123 cm³/mol. The van der Waals surface area contributed by atoms with E-state index >= 15 is 0 Å². The third-order valence-electron chi connectivity index (χ3n) is 6.82. The molecular formula is C25H39O3P. The standard InChI is InChI=1S/C25H39O3P/c1-23(2,3)19-15-18(16-20(22(19)27)24(4,5)6)7-8-21(26)28-17-25-9-12-29(13-10-25)14-11-25/h15-16,27H,7-14,17H2,1-6H3. The molecule has 3 aliphatic heterocycles. The molecule has 29 heavy (non-hydrogen) atoms. The molecule has 1 N–H and O–H groups in total. The molecule has 0 amide bonds. The van der Waals surface area contributed by atoms with E-state index in [2.05, 4.69) is 53.7 Å². The van der Waals surface area contributed by atoms with Gasteiger partial charge in [-0.05, 0) is 71.7 Å². The zero-order chi connectivity index (χ0) is 21.4. The Balaban J connectivity index is 1.65. The van der Waals surface area contributed by atoms with Crippen molar-refractivity contribution in [3.05, 3.63) is 28.8 Å². The van der Waals surface area contributed by atoms with E-state index in [0.717, 1.165) is 16.7 Å². The van der Waals surface area contributed by atoms with Gasteiger partial charge in [0.2, 0.25) is 0 Å². The highest BCUT2D eigenvalue weighted by Gasteiger charge is 2.41. The SMILES string of the molecule is CC(C)(C)c1cc(CCC(=O)OCC23CCP(CC2)CC3)cc(C(C)(C)C)c1O. The van der Waals surface area contributed by atoms with Gasteiger partial charge in [0, 0.05) is 11.8 Å². The number of ether oxygens (including phenoxy) is 1. The van der Waals surface area contributed by atoms with E-state index in [4.69, 9.17) is 4.74 Å². The number of phenolic OH excluding ortho intramolecular Hbond substituents is 1. The smallest absolute Gasteiger partial charge is 0.306 e. The average molecular weight is 419 g/mol. The monoisotopic (exact) mass is 418 g/mol. The van der Waals surface area contributed by atoms with Crippen molar-refractivity contribution < 1.29 is 14.6 Å². The van der Waals surface area contributed by atoms with Crippen molar-refractivity contribution in [2.24, 2.45) is 5.41 Å². The minimum Gasteiger partial charge on any atom is -0.507 e. The summed E-state index contributed by atoms with van der Waals surface area (Å²) in [6.07, 6.45) is 8.97. The van der Waals surface area contributed by atoms with Crippen molar-refractivity contribution >= 4 is 13.9 Å². The lowest BCUT2D eigenvalue weighted by Crippen LogP contribution is -2.38. The topological polar surface area (TPSA) is 46.5 Å². The fourth-order valence-corrected chi connectivity index (χ4v) is 7.69. The molecule has 0 aliphatic carbocycles. The number of rotatable bonds is 5. The fraction of sp³-hybridized carbons (Fsp3) is 0.720. The summed E-state index contributed by atoms with van der Waals surface area (Å²) in [6.45, 7) is 13.3. The summed E-state index contributed by atoms with van der Waals surface area (Å²) in [5.74, 6) is 0.311. The van der Waals surface area contributed by atoms with E-state index in [9.17, 15) is 9.90 Å². The number of carbonyl (C=O) groups excluding carboxylic acids is 1. The molecule has 4 rings (SSSR count). The van der Waals surface area contributed by atoms with Crippen LogP contribution in [0.5, 0.6) is 5.75 Å². The predicted octanol–water partition coefficient (Wildman–Crippen LogP) is 6.13. The first-order chi connectivity index (χ1) is 13.4. The van der Waals surface area contributed by atoms with E-state index in [1.807, 2.05) is 0 Å². The number of fused-ring (bicyclic) bond motifs is 3. The van der Waals surface area contributed by atoms with Crippen LogP contribution < -0.4 is 0 Å². The molecule has 3 heterocycles. The second-order valence-electron chi connectivity index (χ2n) is 11.3. The number of benzene rings is 1. The second-order valence-corrected chi connectivity index (χ2v) is 14.0. The highest BCUT2D eigenvalue weighted by atomic mass is 31.1. The Bertz CT molecular complexity index is 698. The Morgan fingerprint density at radius 3 is 1.93 bits per heavy atom. The Hall–Kier alpha value is -1.08. The van der Waals surface area contributed by atoms with Crippen molar-refractivity contribution in [3.63, 3.8) is 0 Å². The molecule has 0 unspecified atom stereocenters. The summed E-state index contributed by atoms with van der Waals surface area (Å²) in [5, 5.41) is 10.9. The van der Waals surface area contributed by atoms with Crippen LogP contribution >= 0.6 is 7.92 Å². The van der Waals surface area contributed by atoms with Gasteiger partial charge in [-0.25, -0.2) is 0 Å². The molecule has 1 aromatic rings. The first-order valence-corrected chi connectivity index (χ1v) is 13.0. The van der Waals surface area contributed by atoms with Crippen LogP contribution in [0, 0.1) is 5.41 Å². The van der Waals surface area contributed by atoms with E-state index in [1.54, 1.807) is 0 Å². The lowest BCUT2D eigenvalue weighted by molar-refractivity contribution is -0.147. The number of hydrogen-bond acceptors (Lipinski definition) is 3. The Morgan fingerprint density at radius 1 is 1.00 bits per heavy atom. The molecule has 0 atom stereocenters. The minimum absolute atomic E-state index is 0.0829. The number of esters is 1. The quantitative estimate of drug-likeness (QED) is 0.462. The zero-order valence-corrected chi connectivity index (χ0v) is 20.1. The van der Waals surface area contributed by atoms with Gasteiger partial charge in [0.15, 0.2) is 0 Å². The van der Waals surface area contributed by atoms with Gasteiger partial charge in [0.05, 0.1) is 6.61 Å². The number of carbonyl (C=O) groups is 1. The van der Waals surface area contributed by atoms with Gasteiger partial charge in [0.1, 0.15) is 5.75 Å². The summed E-state index contributed by atoms with van der Waals surface area (Å²) in [5.41, 5.74) is 2.99. The van der Waals surface area contributed by atoms with Crippen LogP contribution in [0.4, 0.5) is 0 Å². The molecule has 3 aliphatic rings. The molecule has 3 nitrogen and oxygen atoms in total. The molecule has 0 aromatic heterocycles. The molecule has 0 radical (unpaired) electrons. The van der Waals surface area contributed by atoms with E-state index in [-0.39, 0.29) is 22.2 Å². The van der Waals surface area contributed by atoms with Crippen LogP contribution in [-0.2, 0) is 26.8 Å². The van der Waals surface area contributed by atoms with Gasteiger partial charge >= 0.3 is 5.97 Å². The third kappa shape index (κ3) is 5.35. The molecule has 1 aromatic carbocycles. The van der Waals surface area contributed by atoms with Gasteiger partial charge in [-0.1, -0.05) is 53.7 Å². The fourth-order valence-electron chi connectivity index (χ4n) is 4.65. The van der Waals surface area contributed by atoms with E-state index in [0.29, 0.717) is 33.1 Å².